The van der Waals surface area contributed by atoms with E-state index in [0.717, 1.165) is 17.0 Å². The molecule has 0 saturated heterocycles. The Kier molecular flexibility index (Phi) is 6.90. The molecule has 0 aromatic heterocycles. The zero-order chi connectivity index (χ0) is 20.0. The Bertz CT molecular complexity index is 789. The van der Waals surface area contributed by atoms with Gasteiger partial charge in [0.1, 0.15) is 0 Å². The Morgan fingerprint density at radius 3 is 2.15 bits per heavy atom. The minimum absolute atomic E-state index is 0.142. The van der Waals surface area contributed by atoms with Gasteiger partial charge in [0.05, 0.1) is 24.4 Å². The van der Waals surface area contributed by atoms with Gasteiger partial charge in [-0.3, -0.25) is 9.59 Å². The number of hydrogen-bond donors (Lipinski definition) is 2. The summed E-state index contributed by atoms with van der Waals surface area (Å²) in [6, 6.07) is 10.7. The highest BCUT2D eigenvalue weighted by molar-refractivity contribution is 7.98. The molecule has 0 bridgehead atoms. The van der Waals surface area contributed by atoms with Crippen molar-refractivity contribution in [1.82, 2.24) is 5.32 Å². The van der Waals surface area contributed by atoms with Crippen molar-refractivity contribution in [3.05, 3.63) is 65.2 Å². The number of carboxylic acids is 1. The molecule has 1 atom stereocenters. The maximum Gasteiger partial charge on any atom is 0.416 e. The Morgan fingerprint density at radius 2 is 1.67 bits per heavy atom. The molecule has 0 saturated carbocycles. The van der Waals surface area contributed by atoms with E-state index in [-0.39, 0.29) is 12.8 Å². The molecule has 2 rings (SSSR count). The van der Waals surface area contributed by atoms with Crippen LogP contribution in [0.3, 0.4) is 0 Å². The van der Waals surface area contributed by atoms with Crippen LogP contribution < -0.4 is 5.32 Å². The van der Waals surface area contributed by atoms with Gasteiger partial charge in [0, 0.05) is 4.90 Å². The molecule has 8 heteroatoms. The summed E-state index contributed by atoms with van der Waals surface area (Å²) in [6.07, 6.45) is -2.96. The van der Waals surface area contributed by atoms with Crippen LogP contribution in [0.1, 0.15) is 29.2 Å². The average Bonchev–Trinajstić information content (AvgIpc) is 2.60. The van der Waals surface area contributed by atoms with Gasteiger partial charge in [-0.2, -0.15) is 13.2 Å². The third kappa shape index (κ3) is 6.32. The van der Waals surface area contributed by atoms with Crippen molar-refractivity contribution in [2.24, 2.45) is 0 Å². The maximum absolute atomic E-state index is 12.6. The molecule has 1 unspecified atom stereocenters. The number of alkyl halides is 3. The molecule has 1 amide bonds. The molecule has 0 heterocycles. The van der Waals surface area contributed by atoms with Crippen molar-refractivity contribution in [2.75, 3.05) is 6.26 Å². The molecule has 0 aliphatic carbocycles. The predicted molar refractivity (Wildman–Crippen MR) is 96.5 cm³/mol. The fourth-order valence-corrected chi connectivity index (χ4v) is 2.91. The number of carbonyl (C=O) groups excluding carboxylic acids is 1. The van der Waals surface area contributed by atoms with Crippen LogP contribution in [0, 0.1) is 0 Å². The second-order valence-electron chi connectivity index (χ2n) is 5.86. The first-order valence-corrected chi connectivity index (χ1v) is 9.22. The molecular formula is C19H18F3NO3S. The van der Waals surface area contributed by atoms with Gasteiger partial charge in [0.15, 0.2) is 0 Å². The van der Waals surface area contributed by atoms with Gasteiger partial charge >= 0.3 is 12.1 Å². The molecule has 0 aliphatic heterocycles. The van der Waals surface area contributed by atoms with E-state index in [1.807, 2.05) is 18.4 Å². The number of rotatable bonds is 7. The predicted octanol–water partition coefficient (Wildman–Crippen LogP) is 4.30. The summed E-state index contributed by atoms with van der Waals surface area (Å²) in [5.41, 5.74) is 0.271. The van der Waals surface area contributed by atoms with Gasteiger partial charge in [0.25, 0.3) is 0 Å². The number of halogens is 3. The van der Waals surface area contributed by atoms with Gasteiger partial charge in [-0.05, 0) is 41.6 Å². The number of thioether (sulfide) groups is 1. The summed E-state index contributed by atoms with van der Waals surface area (Å²) in [6.45, 7) is 0. The molecule has 0 fully saturated rings. The number of carboxylic acid groups (broad SMARTS) is 1. The minimum atomic E-state index is -4.43. The zero-order valence-corrected chi connectivity index (χ0v) is 15.2. The lowest BCUT2D eigenvalue weighted by atomic mass is 10.0. The lowest BCUT2D eigenvalue weighted by Crippen LogP contribution is -2.31. The van der Waals surface area contributed by atoms with E-state index in [9.17, 15) is 22.8 Å². The normalized spacial score (nSPS) is 12.4. The van der Waals surface area contributed by atoms with Crippen LogP contribution in [-0.2, 0) is 22.2 Å². The van der Waals surface area contributed by atoms with Gasteiger partial charge < -0.3 is 10.4 Å². The van der Waals surface area contributed by atoms with E-state index in [1.54, 1.807) is 12.1 Å². The van der Waals surface area contributed by atoms with Crippen molar-refractivity contribution in [1.29, 1.82) is 0 Å². The van der Waals surface area contributed by atoms with E-state index >= 15 is 0 Å². The number of nitrogens with one attached hydrogen (secondary N) is 1. The topological polar surface area (TPSA) is 66.4 Å². The van der Waals surface area contributed by atoms with Crippen molar-refractivity contribution >= 4 is 23.6 Å². The summed E-state index contributed by atoms with van der Waals surface area (Å²) in [5.74, 6) is -1.53. The van der Waals surface area contributed by atoms with Crippen molar-refractivity contribution in [3.63, 3.8) is 0 Å². The molecule has 4 nitrogen and oxygen atoms in total. The third-order valence-corrected chi connectivity index (χ3v) is 4.62. The van der Waals surface area contributed by atoms with Crippen LogP contribution in [0.5, 0.6) is 0 Å². The number of hydrogen-bond acceptors (Lipinski definition) is 3. The average molecular weight is 397 g/mol. The Morgan fingerprint density at radius 1 is 1.07 bits per heavy atom. The van der Waals surface area contributed by atoms with E-state index in [0.29, 0.717) is 11.1 Å². The molecule has 0 spiro atoms. The van der Waals surface area contributed by atoms with Gasteiger partial charge in [-0.15, -0.1) is 11.8 Å². The van der Waals surface area contributed by atoms with E-state index in [2.05, 4.69) is 5.32 Å². The number of benzene rings is 2. The van der Waals surface area contributed by atoms with E-state index in [1.165, 1.54) is 23.9 Å². The molecule has 0 aliphatic rings. The molecule has 27 heavy (non-hydrogen) atoms. The second-order valence-corrected chi connectivity index (χ2v) is 6.74. The monoisotopic (exact) mass is 397 g/mol. The van der Waals surface area contributed by atoms with Gasteiger partial charge in [-0.25, -0.2) is 0 Å². The van der Waals surface area contributed by atoms with Crippen LogP contribution in [0.2, 0.25) is 0 Å². The number of carbonyl (C=O) groups is 2. The van der Waals surface area contributed by atoms with Crippen molar-refractivity contribution in [3.8, 4) is 0 Å². The molecule has 144 valence electrons. The zero-order valence-electron chi connectivity index (χ0n) is 14.4. The minimum Gasteiger partial charge on any atom is -0.481 e. The Balaban J connectivity index is 2.07. The fourth-order valence-electron chi connectivity index (χ4n) is 2.51. The maximum atomic E-state index is 12.6. The standard InChI is InChI=1S/C19H18F3NO3S/c1-27-15-8-4-13(5-9-15)16(11-18(25)26)23-17(24)10-12-2-6-14(7-3-12)19(20,21)22/h2-9,16H,10-11H2,1H3,(H,23,24)(H,25,26). The smallest absolute Gasteiger partial charge is 0.416 e. The third-order valence-electron chi connectivity index (χ3n) is 3.88. The lowest BCUT2D eigenvalue weighted by molar-refractivity contribution is -0.138. The summed E-state index contributed by atoms with van der Waals surface area (Å²) in [5, 5.41) is 11.7. The van der Waals surface area contributed by atoms with Crippen LogP contribution >= 0.6 is 11.8 Å². The van der Waals surface area contributed by atoms with Crippen LogP contribution in [0.15, 0.2) is 53.4 Å². The number of aliphatic carboxylic acids is 1. The second kappa shape index (κ2) is 8.94. The lowest BCUT2D eigenvalue weighted by Gasteiger charge is -2.18. The summed E-state index contributed by atoms with van der Waals surface area (Å²) in [7, 11) is 0. The molecule has 0 radical (unpaired) electrons. The molecular weight excluding hydrogens is 379 g/mol. The largest absolute Gasteiger partial charge is 0.481 e. The van der Waals surface area contributed by atoms with Gasteiger partial charge in [-0.1, -0.05) is 24.3 Å². The first-order valence-electron chi connectivity index (χ1n) is 8.00. The first kappa shape index (κ1) is 20.8. The summed E-state index contributed by atoms with van der Waals surface area (Å²) >= 11 is 1.54. The highest BCUT2D eigenvalue weighted by Crippen LogP contribution is 2.29. The SMILES string of the molecule is CSc1ccc(C(CC(=O)O)NC(=O)Cc2ccc(C(F)(F)F)cc2)cc1. The fraction of sp³-hybridized carbons (Fsp3) is 0.263. The van der Waals surface area contributed by atoms with Crippen molar-refractivity contribution < 1.29 is 27.9 Å². The molecule has 2 aromatic rings. The summed E-state index contributed by atoms with van der Waals surface area (Å²) < 4.78 is 37.7. The van der Waals surface area contributed by atoms with Crippen LogP contribution in [0.4, 0.5) is 13.2 Å². The highest BCUT2D eigenvalue weighted by atomic mass is 32.2. The van der Waals surface area contributed by atoms with Crippen molar-refractivity contribution in [2.45, 2.75) is 30.0 Å². The quantitative estimate of drug-likeness (QED) is 0.684. The highest BCUT2D eigenvalue weighted by Gasteiger charge is 2.30. The van der Waals surface area contributed by atoms with E-state index < -0.39 is 29.7 Å². The molecule has 2 aromatic carbocycles. The van der Waals surface area contributed by atoms with Crippen LogP contribution in [0.25, 0.3) is 0 Å². The first-order chi connectivity index (χ1) is 12.7. The molecule has 2 N–H and O–H groups in total. The van der Waals surface area contributed by atoms with E-state index in [4.69, 9.17) is 5.11 Å². The Hall–Kier alpha value is -2.48. The Labute approximate surface area is 158 Å². The summed E-state index contributed by atoms with van der Waals surface area (Å²) in [4.78, 5) is 24.4. The van der Waals surface area contributed by atoms with Gasteiger partial charge in [0.2, 0.25) is 5.91 Å². The van der Waals surface area contributed by atoms with Crippen LogP contribution in [-0.4, -0.2) is 23.2 Å². The number of amides is 1.